The van der Waals surface area contributed by atoms with Gasteiger partial charge in [0.05, 0.1) is 5.54 Å². The minimum absolute atomic E-state index is 0.214. The Morgan fingerprint density at radius 2 is 2.26 bits per heavy atom. The summed E-state index contributed by atoms with van der Waals surface area (Å²) in [5.74, 6) is -0.214. The van der Waals surface area contributed by atoms with E-state index in [4.69, 9.17) is 10.5 Å². The molecule has 0 heterocycles. The van der Waals surface area contributed by atoms with Crippen LogP contribution in [-0.4, -0.2) is 55.7 Å². The van der Waals surface area contributed by atoms with Gasteiger partial charge in [-0.1, -0.05) is 0 Å². The predicted octanol–water partition coefficient (Wildman–Crippen LogP) is 0.729. The Labute approximate surface area is 116 Å². The Hall–Kier alpha value is -0.650. The summed E-state index contributed by atoms with van der Waals surface area (Å²) in [4.78, 5) is 14.1. The van der Waals surface area contributed by atoms with Gasteiger partial charge in [-0.25, -0.2) is 0 Å². The molecule has 5 nitrogen and oxygen atoms in total. The van der Waals surface area contributed by atoms with Gasteiger partial charge in [0.2, 0.25) is 5.91 Å². The molecule has 0 aromatic heterocycles. The van der Waals surface area contributed by atoms with E-state index in [1.165, 1.54) is 0 Å². The molecular formula is C14H29N3O2. The van der Waals surface area contributed by atoms with Gasteiger partial charge in [0.1, 0.15) is 0 Å². The van der Waals surface area contributed by atoms with Gasteiger partial charge in [-0.2, -0.15) is 0 Å². The quantitative estimate of drug-likeness (QED) is 0.639. The van der Waals surface area contributed by atoms with Crippen molar-refractivity contribution in [2.75, 3.05) is 27.3 Å². The summed E-state index contributed by atoms with van der Waals surface area (Å²) in [6, 6.07) is 0.695. The summed E-state index contributed by atoms with van der Waals surface area (Å²) in [5.41, 5.74) is 5.11. The number of amides is 1. The summed E-state index contributed by atoms with van der Waals surface area (Å²) in [7, 11) is 3.84. The van der Waals surface area contributed by atoms with Crippen molar-refractivity contribution >= 4 is 5.91 Å². The van der Waals surface area contributed by atoms with Crippen LogP contribution in [0.2, 0.25) is 0 Å². The molecule has 0 spiro atoms. The SMILES string of the molecule is COCCCN(C)C1CCC(NC(C)C)(C(N)=O)C1. The number of ether oxygens (including phenoxy) is 1. The van der Waals surface area contributed by atoms with E-state index in [2.05, 4.69) is 31.1 Å². The van der Waals surface area contributed by atoms with Crippen molar-refractivity contribution in [3.05, 3.63) is 0 Å². The van der Waals surface area contributed by atoms with E-state index in [-0.39, 0.29) is 11.9 Å². The first kappa shape index (κ1) is 16.4. The topological polar surface area (TPSA) is 67.6 Å². The van der Waals surface area contributed by atoms with Gasteiger partial charge < -0.3 is 20.7 Å². The Kier molecular flexibility index (Phi) is 6.23. The highest BCUT2D eigenvalue weighted by Crippen LogP contribution is 2.33. The standard InChI is InChI=1S/C14H29N3O2/c1-11(2)16-14(13(15)18)7-6-12(10-14)17(3)8-5-9-19-4/h11-12,16H,5-10H2,1-4H3,(H2,15,18). The van der Waals surface area contributed by atoms with Gasteiger partial charge >= 0.3 is 0 Å². The second-order valence-corrected chi connectivity index (χ2v) is 5.97. The van der Waals surface area contributed by atoms with Crippen LogP contribution < -0.4 is 11.1 Å². The van der Waals surface area contributed by atoms with Gasteiger partial charge in [0.15, 0.2) is 0 Å². The molecule has 19 heavy (non-hydrogen) atoms. The first-order chi connectivity index (χ1) is 8.91. The molecule has 2 unspecified atom stereocenters. The first-order valence-corrected chi connectivity index (χ1v) is 7.18. The number of nitrogens with zero attached hydrogens (tertiary/aromatic N) is 1. The van der Waals surface area contributed by atoms with Crippen LogP contribution in [0.25, 0.3) is 0 Å². The van der Waals surface area contributed by atoms with Gasteiger partial charge in [-0.15, -0.1) is 0 Å². The van der Waals surface area contributed by atoms with Gasteiger partial charge in [-0.05, 0) is 46.6 Å². The number of carbonyl (C=O) groups excluding carboxylic acids is 1. The van der Waals surface area contributed by atoms with E-state index in [9.17, 15) is 4.79 Å². The monoisotopic (exact) mass is 271 g/mol. The Balaban J connectivity index is 2.55. The maximum absolute atomic E-state index is 11.8. The molecular weight excluding hydrogens is 242 g/mol. The summed E-state index contributed by atoms with van der Waals surface area (Å²) in [6.07, 6.45) is 3.68. The lowest BCUT2D eigenvalue weighted by Gasteiger charge is -2.31. The molecule has 1 fully saturated rings. The molecule has 0 radical (unpaired) electrons. The third-order valence-corrected chi connectivity index (χ3v) is 4.01. The van der Waals surface area contributed by atoms with Crippen LogP contribution in [0.15, 0.2) is 0 Å². The molecule has 0 bridgehead atoms. The van der Waals surface area contributed by atoms with Gasteiger partial charge in [0.25, 0.3) is 0 Å². The molecule has 1 saturated carbocycles. The van der Waals surface area contributed by atoms with Crippen LogP contribution in [0.5, 0.6) is 0 Å². The highest BCUT2D eigenvalue weighted by molar-refractivity contribution is 5.85. The predicted molar refractivity (Wildman–Crippen MR) is 77.0 cm³/mol. The molecule has 2 atom stereocenters. The maximum atomic E-state index is 11.8. The average molecular weight is 271 g/mol. The zero-order valence-electron chi connectivity index (χ0n) is 12.7. The molecule has 1 amide bonds. The number of nitrogens with one attached hydrogen (secondary N) is 1. The molecule has 1 aliphatic rings. The van der Waals surface area contributed by atoms with Crippen molar-refractivity contribution in [1.29, 1.82) is 0 Å². The Bertz CT molecular complexity index is 296. The molecule has 0 aromatic carbocycles. The molecule has 1 aliphatic carbocycles. The first-order valence-electron chi connectivity index (χ1n) is 7.18. The van der Waals surface area contributed by atoms with Crippen LogP contribution in [0.4, 0.5) is 0 Å². The smallest absolute Gasteiger partial charge is 0.237 e. The third-order valence-electron chi connectivity index (χ3n) is 4.01. The van der Waals surface area contributed by atoms with Crippen LogP contribution in [0, 0.1) is 0 Å². The number of methoxy groups -OCH3 is 1. The maximum Gasteiger partial charge on any atom is 0.237 e. The van der Waals surface area contributed by atoms with E-state index >= 15 is 0 Å². The van der Waals surface area contributed by atoms with Crippen LogP contribution in [0.1, 0.15) is 39.5 Å². The third kappa shape index (κ3) is 4.44. The lowest BCUT2D eigenvalue weighted by Crippen LogP contribution is -2.56. The molecule has 0 aromatic rings. The fourth-order valence-electron chi connectivity index (χ4n) is 3.02. The van der Waals surface area contributed by atoms with Gasteiger partial charge in [0, 0.05) is 32.3 Å². The van der Waals surface area contributed by atoms with Crippen LogP contribution in [0.3, 0.4) is 0 Å². The molecule has 1 rings (SSSR count). The fourth-order valence-corrected chi connectivity index (χ4v) is 3.02. The Morgan fingerprint density at radius 3 is 2.79 bits per heavy atom. The number of hydrogen-bond donors (Lipinski definition) is 2. The average Bonchev–Trinajstić information content (AvgIpc) is 2.74. The van der Waals surface area contributed by atoms with E-state index < -0.39 is 5.54 Å². The molecule has 3 N–H and O–H groups in total. The lowest BCUT2D eigenvalue weighted by atomic mass is 9.95. The van der Waals surface area contributed by atoms with Crippen molar-refractivity contribution < 1.29 is 9.53 Å². The molecule has 5 heteroatoms. The summed E-state index contributed by atoms with van der Waals surface area (Å²) < 4.78 is 5.07. The number of hydrogen-bond acceptors (Lipinski definition) is 4. The summed E-state index contributed by atoms with van der Waals surface area (Å²) in [6.45, 7) is 5.89. The summed E-state index contributed by atoms with van der Waals surface area (Å²) in [5, 5.41) is 3.38. The van der Waals surface area contributed by atoms with Crippen molar-refractivity contribution in [3.63, 3.8) is 0 Å². The zero-order chi connectivity index (χ0) is 14.5. The number of rotatable bonds is 8. The van der Waals surface area contributed by atoms with Crippen LogP contribution >= 0.6 is 0 Å². The molecule has 0 saturated heterocycles. The van der Waals surface area contributed by atoms with E-state index in [0.717, 1.165) is 38.8 Å². The van der Waals surface area contributed by atoms with Crippen molar-refractivity contribution in [3.8, 4) is 0 Å². The zero-order valence-corrected chi connectivity index (χ0v) is 12.7. The Morgan fingerprint density at radius 1 is 1.58 bits per heavy atom. The second kappa shape index (κ2) is 7.22. The van der Waals surface area contributed by atoms with E-state index in [1.54, 1.807) is 7.11 Å². The number of carbonyl (C=O) groups is 1. The highest BCUT2D eigenvalue weighted by atomic mass is 16.5. The highest BCUT2D eigenvalue weighted by Gasteiger charge is 2.45. The van der Waals surface area contributed by atoms with Crippen molar-refractivity contribution in [2.24, 2.45) is 5.73 Å². The molecule has 112 valence electrons. The van der Waals surface area contributed by atoms with E-state index in [0.29, 0.717) is 6.04 Å². The normalized spacial score (nSPS) is 27.4. The minimum Gasteiger partial charge on any atom is -0.385 e. The van der Waals surface area contributed by atoms with Gasteiger partial charge in [-0.3, -0.25) is 4.79 Å². The number of nitrogens with two attached hydrogens (primary N) is 1. The lowest BCUT2D eigenvalue weighted by molar-refractivity contribution is -0.124. The van der Waals surface area contributed by atoms with E-state index in [1.807, 2.05) is 0 Å². The largest absolute Gasteiger partial charge is 0.385 e. The van der Waals surface area contributed by atoms with Crippen molar-refractivity contribution in [1.82, 2.24) is 10.2 Å². The summed E-state index contributed by atoms with van der Waals surface area (Å²) >= 11 is 0. The van der Waals surface area contributed by atoms with Crippen LogP contribution in [-0.2, 0) is 9.53 Å². The minimum atomic E-state index is -0.519. The fraction of sp³-hybridized carbons (Fsp3) is 0.929. The van der Waals surface area contributed by atoms with Crippen molar-refractivity contribution in [2.45, 2.75) is 57.2 Å². The second-order valence-electron chi connectivity index (χ2n) is 5.97. The number of primary amides is 1. The molecule has 0 aliphatic heterocycles.